The lowest BCUT2D eigenvalue weighted by molar-refractivity contribution is -0.137. The van der Waals surface area contributed by atoms with Crippen LogP contribution in [0.15, 0.2) is 48.5 Å². The molecule has 2 aromatic rings. The molecule has 0 saturated heterocycles. The summed E-state index contributed by atoms with van der Waals surface area (Å²) in [6.07, 6.45) is 0.0403. The fourth-order valence-corrected chi connectivity index (χ4v) is 2.28. The van der Waals surface area contributed by atoms with Crippen LogP contribution < -0.4 is 9.47 Å². The van der Waals surface area contributed by atoms with E-state index in [2.05, 4.69) is 0 Å². The van der Waals surface area contributed by atoms with Crippen molar-refractivity contribution >= 4 is 5.97 Å². The van der Waals surface area contributed by atoms with E-state index in [4.69, 9.17) is 14.6 Å². The van der Waals surface area contributed by atoms with Crippen LogP contribution in [0, 0.1) is 0 Å². The molecule has 0 saturated carbocycles. The summed E-state index contributed by atoms with van der Waals surface area (Å²) in [7, 11) is 3.21. The highest BCUT2D eigenvalue weighted by Gasteiger charge is 2.18. The molecule has 0 heterocycles. The normalized spacial score (nSPS) is 10.4. The lowest BCUT2D eigenvalue weighted by Gasteiger charge is -2.17. The third-order valence-electron chi connectivity index (χ3n) is 3.42. The zero-order chi connectivity index (χ0) is 15.2. The summed E-state index contributed by atoms with van der Waals surface area (Å²) in [4.78, 5) is 11.2. The van der Waals surface area contributed by atoms with Crippen molar-refractivity contribution < 1.29 is 19.4 Å². The van der Waals surface area contributed by atoms with Crippen molar-refractivity contribution in [1.29, 1.82) is 0 Å². The molecule has 2 rings (SSSR count). The van der Waals surface area contributed by atoms with Gasteiger partial charge in [-0.2, -0.15) is 0 Å². The molecule has 110 valence electrons. The lowest BCUT2D eigenvalue weighted by Crippen LogP contribution is -2.08. The highest BCUT2D eigenvalue weighted by atomic mass is 16.5. The van der Waals surface area contributed by atoms with Crippen LogP contribution in [0.2, 0.25) is 0 Å². The third-order valence-corrected chi connectivity index (χ3v) is 3.42. The zero-order valence-corrected chi connectivity index (χ0v) is 12.1. The molecule has 1 N–H and O–H groups in total. The number of ether oxygens (including phenoxy) is 2. The first-order valence-corrected chi connectivity index (χ1v) is 6.63. The Bertz CT molecular complexity index is 540. The Morgan fingerprint density at radius 2 is 1.29 bits per heavy atom. The first kappa shape index (κ1) is 14.9. The molecule has 4 nitrogen and oxygen atoms in total. The molecule has 4 heteroatoms. The predicted molar refractivity (Wildman–Crippen MR) is 80.1 cm³/mol. The lowest BCUT2D eigenvalue weighted by atomic mass is 9.88. The maximum atomic E-state index is 11.2. The number of carboxylic acids is 1. The molecule has 0 unspecified atom stereocenters. The summed E-state index contributed by atoms with van der Waals surface area (Å²) in [5.41, 5.74) is 1.90. The molecule has 0 aliphatic heterocycles. The molecule has 0 aromatic heterocycles. The maximum Gasteiger partial charge on any atom is 0.304 e. The van der Waals surface area contributed by atoms with Crippen molar-refractivity contribution in [3.63, 3.8) is 0 Å². The second kappa shape index (κ2) is 6.79. The van der Waals surface area contributed by atoms with Crippen molar-refractivity contribution in [3.8, 4) is 11.5 Å². The van der Waals surface area contributed by atoms with Gasteiger partial charge < -0.3 is 14.6 Å². The van der Waals surface area contributed by atoms with Gasteiger partial charge in [-0.05, 0) is 35.4 Å². The van der Waals surface area contributed by atoms with Gasteiger partial charge in [0.15, 0.2) is 0 Å². The van der Waals surface area contributed by atoms with E-state index in [1.54, 1.807) is 14.2 Å². The van der Waals surface area contributed by atoms with E-state index in [0.717, 1.165) is 22.6 Å². The molecule has 0 radical (unpaired) electrons. The van der Waals surface area contributed by atoms with Crippen molar-refractivity contribution in [2.45, 2.75) is 12.3 Å². The predicted octanol–water partition coefficient (Wildman–Crippen LogP) is 3.31. The van der Waals surface area contributed by atoms with Crippen molar-refractivity contribution in [2.75, 3.05) is 14.2 Å². The van der Waals surface area contributed by atoms with E-state index in [0.29, 0.717) is 0 Å². The Kier molecular flexibility index (Phi) is 4.82. The van der Waals surface area contributed by atoms with Crippen LogP contribution in [0.25, 0.3) is 0 Å². The minimum Gasteiger partial charge on any atom is -0.497 e. The first-order chi connectivity index (χ1) is 10.1. The van der Waals surface area contributed by atoms with Crippen molar-refractivity contribution in [3.05, 3.63) is 59.7 Å². The quantitative estimate of drug-likeness (QED) is 0.885. The van der Waals surface area contributed by atoms with E-state index in [-0.39, 0.29) is 12.3 Å². The number of hydrogen-bond acceptors (Lipinski definition) is 3. The molecule has 0 aliphatic carbocycles. The van der Waals surface area contributed by atoms with Gasteiger partial charge in [-0.25, -0.2) is 0 Å². The van der Waals surface area contributed by atoms with Crippen LogP contribution in [0.1, 0.15) is 23.5 Å². The van der Waals surface area contributed by atoms with E-state index in [1.165, 1.54) is 0 Å². The number of carboxylic acid groups (broad SMARTS) is 1. The second-order valence-electron chi connectivity index (χ2n) is 4.70. The van der Waals surface area contributed by atoms with E-state index in [9.17, 15) is 4.79 Å². The first-order valence-electron chi connectivity index (χ1n) is 6.63. The van der Waals surface area contributed by atoms with Crippen LogP contribution in [-0.4, -0.2) is 25.3 Å². The number of aliphatic carboxylic acids is 1. The minimum absolute atomic E-state index is 0.0403. The average molecular weight is 286 g/mol. The second-order valence-corrected chi connectivity index (χ2v) is 4.70. The van der Waals surface area contributed by atoms with Gasteiger partial charge in [-0.3, -0.25) is 4.79 Å². The summed E-state index contributed by atoms with van der Waals surface area (Å²) in [5.74, 6) is 0.482. The molecule has 0 atom stereocenters. The summed E-state index contributed by atoms with van der Waals surface area (Å²) < 4.78 is 10.3. The fourth-order valence-electron chi connectivity index (χ4n) is 2.28. The number of rotatable bonds is 6. The number of carbonyl (C=O) groups is 1. The monoisotopic (exact) mass is 286 g/mol. The summed E-state index contributed by atoms with van der Waals surface area (Å²) in [6.45, 7) is 0. The van der Waals surface area contributed by atoms with E-state index < -0.39 is 5.97 Å². The Hall–Kier alpha value is -2.49. The number of benzene rings is 2. The molecule has 0 bridgehead atoms. The third kappa shape index (κ3) is 3.75. The average Bonchev–Trinajstić information content (AvgIpc) is 2.53. The highest BCUT2D eigenvalue weighted by Crippen LogP contribution is 2.30. The molecule has 0 spiro atoms. The molecule has 0 fully saturated rings. The Labute approximate surface area is 123 Å². The molecular weight excluding hydrogens is 268 g/mol. The Morgan fingerprint density at radius 3 is 1.57 bits per heavy atom. The van der Waals surface area contributed by atoms with Crippen LogP contribution in [0.5, 0.6) is 11.5 Å². The van der Waals surface area contributed by atoms with E-state index in [1.807, 2.05) is 48.5 Å². The summed E-state index contributed by atoms with van der Waals surface area (Å²) >= 11 is 0. The van der Waals surface area contributed by atoms with Gasteiger partial charge in [0, 0.05) is 5.92 Å². The standard InChI is InChI=1S/C17H18O4/c1-20-14-7-3-12(4-8-14)16(11-17(18)19)13-5-9-15(21-2)10-6-13/h3-10,16H,11H2,1-2H3,(H,18,19). The van der Waals surface area contributed by atoms with Gasteiger partial charge in [-0.15, -0.1) is 0 Å². The summed E-state index contributed by atoms with van der Waals surface area (Å²) in [6, 6.07) is 15.0. The van der Waals surface area contributed by atoms with Gasteiger partial charge in [0.2, 0.25) is 0 Å². The maximum absolute atomic E-state index is 11.2. The number of hydrogen-bond donors (Lipinski definition) is 1. The Morgan fingerprint density at radius 1 is 0.905 bits per heavy atom. The molecule has 21 heavy (non-hydrogen) atoms. The topological polar surface area (TPSA) is 55.8 Å². The minimum atomic E-state index is -0.827. The molecule has 0 amide bonds. The van der Waals surface area contributed by atoms with Crippen LogP contribution in [-0.2, 0) is 4.79 Å². The Balaban J connectivity index is 2.33. The van der Waals surface area contributed by atoms with Gasteiger partial charge in [0.1, 0.15) is 11.5 Å². The molecule has 0 aliphatic rings. The van der Waals surface area contributed by atoms with Gasteiger partial charge in [-0.1, -0.05) is 24.3 Å². The van der Waals surface area contributed by atoms with Crippen LogP contribution >= 0.6 is 0 Å². The SMILES string of the molecule is COc1ccc(C(CC(=O)O)c2ccc(OC)cc2)cc1. The molecular formula is C17H18O4. The zero-order valence-electron chi connectivity index (χ0n) is 12.1. The van der Waals surface area contributed by atoms with Crippen molar-refractivity contribution in [2.24, 2.45) is 0 Å². The van der Waals surface area contributed by atoms with Crippen molar-refractivity contribution in [1.82, 2.24) is 0 Å². The smallest absolute Gasteiger partial charge is 0.304 e. The molecule has 2 aromatic carbocycles. The fraction of sp³-hybridized carbons (Fsp3) is 0.235. The van der Waals surface area contributed by atoms with Gasteiger partial charge >= 0.3 is 5.97 Å². The van der Waals surface area contributed by atoms with Crippen LogP contribution in [0.4, 0.5) is 0 Å². The van der Waals surface area contributed by atoms with Gasteiger partial charge in [0.05, 0.1) is 20.6 Å². The van der Waals surface area contributed by atoms with Crippen LogP contribution in [0.3, 0.4) is 0 Å². The largest absolute Gasteiger partial charge is 0.497 e. The highest BCUT2D eigenvalue weighted by molar-refractivity contribution is 5.69. The number of methoxy groups -OCH3 is 2. The van der Waals surface area contributed by atoms with E-state index >= 15 is 0 Å². The summed E-state index contributed by atoms with van der Waals surface area (Å²) in [5, 5.41) is 9.16. The van der Waals surface area contributed by atoms with Gasteiger partial charge in [0.25, 0.3) is 0 Å².